The molecule has 2 amide bonds. The van der Waals surface area contributed by atoms with Crippen molar-refractivity contribution in [2.75, 3.05) is 31.6 Å². The van der Waals surface area contributed by atoms with Crippen LogP contribution in [0.1, 0.15) is 0 Å². The smallest absolute Gasteiger partial charge is 0.316 e. The van der Waals surface area contributed by atoms with Crippen LogP contribution in [0.3, 0.4) is 0 Å². The van der Waals surface area contributed by atoms with Gasteiger partial charge in [-0.3, -0.25) is 4.90 Å². The van der Waals surface area contributed by atoms with Gasteiger partial charge in [-0.25, -0.2) is 4.79 Å². The number of nitrogens with one attached hydrogen (secondary N) is 1. The average Bonchev–Trinajstić information content (AvgIpc) is 2.60. The highest BCUT2D eigenvalue weighted by molar-refractivity contribution is 5.87. The van der Waals surface area contributed by atoms with Gasteiger partial charge in [0.05, 0.1) is 0 Å². The number of primary amides is 1. The summed E-state index contributed by atoms with van der Waals surface area (Å²) in [4.78, 5) is 12.9. The average molecular weight is 357 g/mol. The second-order valence-electron chi connectivity index (χ2n) is 6.25. The van der Waals surface area contributed by atoms with E-state index in [0.717, 1.165) is 24.6 Å². The molecule has 1 saturated heterocycles. The highest BCUT2D eigenvalue weighted by Crippen LogP contribution is 2.20. The number of β-amino-alcohol motifs (C(OH)–C–C–N with tert-alkyl or cyclic N) is 1. The maximum atomic E-state index is 10.8. The molecule has 1 aliphatic rings. The normalized spacial score (nSPS) is 15.7. The zero-order valence-electron chi connectivity index (χ0n) is 14.4. The Morgan fingerprint density at radius 3 is 2.50 bits per heavy atom. The van der Waals surface area contributed by atoms with Gasteiger partial charge in [-0.15, -0.1) is 0 Å². The molecule has 7 heteroatoms. The van der Waals surface area contributed by atoms with Gasteiger partial charge >= 0.3 is 6.03 Å². The van der Waals surface area contributed by atoms with Gasteiger partial charge in [0, 0.05) is 25.3 Å². The van der Waals surface area contributed by atoms with Crippen molar-refractivity contribution in [2.45, 2.75) is 12.2 Å². The minimum atomic E-state index is -0.594. The lowest BCUT2D eigenvalue weighted by Gasteiger charge is -2.39. The highest BCUT2D eigenvalue weighted by Gasteiger charge is 2.29. The van der Waals surface area contributed by atoms with E-state index in [1.54, 1.807) is 24.3 Å². The number of nitrogens with two attached hydrogens (primary N) is 1. The fourth-order valence-corrected chi connectivity index (χ4v) is 2.76. The third-order valence-corrected chi connectivity index (χ3v) is 4.00. The van der Waals surface area contributed by atoms with Crippen molar-refractivity contribution in [3.8, 4) is 11.5 Å². The summed E-state index contributed by atoms with van der Waals surface area (Å²) in [6.07, 6.45) is -0.456. The van der Waals surface area contributed by atoms with Gasteiger partial charge in [-0.2, -0.15) is 0 Å². The van der Waals surface area contributed by atoms with Crippen molar-refractivity contribution >= 4 is 11.7 Å². The number of para-hydroxylation sites is 1. The lowest BCUT2D eigenvalue weighted by Crippen LogP contribution is -2.56. The number of nitrogens with zero attached hydrogens (tertiary/aromatic N) is 1. The molecule has 0 aliphatic carbocycles. The van der Waals surface area contributed by atoms with Gasteiger partial charge in [0.1, 0.15) is 30.3 Å². The summed E-state index contributed by atoms with van der Waals surface area (Å²) in [5, 5.41) is 12.6. The zero-order valence-corrected chi connectivity index (χ0v) is 14.4. The van der Waals surface area contributed by atoms with E-state index < -0.39 is 12.1 Å². The van der Waals surface area contributed by atoms with E-state index in [1.165, 1.54) is 0 Å². The van der Waals surface area contributed by atoms with E-state index in [9.17, 15) is 9.90 Å². The molecular weight excluding hydrogens is 334 g/mol. The largest absolute Gasteiger partial charge is 0.491 e. The number of carbonyl (C=O) groups is 1. The van der Waals surface area contributed by atoms with Crippen LogP contribution in [0.2, 0.25) is 0 Å². The third kappa shape index (κ3) is 5.37. The molecule has 0 bridgehead atoms. The van der Waals surface area contributed by atoms with E-state index in [-0.39, 0.29) is 12.7 Å². The fourth-order valence-electron chi connectivity index (χ4n) is 2.76. The number of hydrogen-bond donors (Lipinski definition) is 3. The van der Waals surface area contributed by atoms with Crippen LogP contribution < -0.4 is 20.5 Å². The first-order valence-corrected chi connectivity index (χ1v) is 8.50. The van der Waals surface area contributed by atoms with Crippen molar-refractivity contribution < 1.29 is 19.4 Å². The molecule has 1 fully saturated rings. The second-order valence-corrected chi connectivity index (χ2v) is 6.25. The topological polar surface area (TPSA) is 97.1 Å². The molecule has 2 aromatic carbocycles. The Labute approximate surface area is 152 Å². The first-order valence-electron chi connectivity index (χ1n) is 8.50. The first kappa shape index (κ1) is 18.0. The molecule has 0 spiro atoms. The summed E-state index contributed by atoms with van der Waals surface area (Å²) >= 11 is 0. The second kappa shape index (κ2) is 8.55. The number of amides is 2. The standard InChI is InChI=1S/C19H23N3O4/c20-19(24)21-14-6-8-17(9-7-14)26-18-11-22(12-18)10-15(23)13-25-16-4-2-1-3-5-16/h1-9,15,18,23H,10-13H2,(H3,20,21,24)/t15-/m1/s1. The van der Waals surface area contributed by atoms with E-state index in [0.29, 0.717) is 12.2 Å². The van der Waals surface area contributed by atoms with Crippen LogP contribution in [0.5, 0.6) is 11.5 Å². The number of ether oxygens (including phenoxy) is 2. The Balaban J connectivity index is 1.34. The van der Waals surface area contributed by atoms with E-state index >= 15 is 0 Å². The van der Waals surface area contributed by atoms with Crippen LogP contribution in [-0.2, 0) is 0 Å². The van der Waals surface area contributed by atoms with Crippen molar-refractivity contribution in [1.82, 2.24) is 4.90 Å². The van der Waals surface area contributed by atoms with Crippen molar-refractivity contribution in [2.24, 2.45) is 5.73 Å². The molecule has 138 valence electrons. The maximum absolute atomic E-state index is 10.8. The number of likely N-dealkylation sites (tertiary alicyclic amines) is 1. The van der Waals surface area contributed by atoms with Gasteiger partial charge in [-0.1, -0.05) is 18.2 Å². The molecule has 0 radical (unpaired) electrons. The summed E-state index contributed by atoms with van der Waals surface area (Å²) in [6, 6.07) is 15.9. The number of rotatable bonds is 8. The molecule has 3 rings (SSSR count). The predicted molar refractivity (Wildman–Crippen MR) is 98.4 cm³/mol. The quantitative estimate of drug-likeness (QED) is 0.668. The van der Waals surface area contributed by atoms with Crippen molar-refractivity contribution in [1.29, 1.82) is 0 Å². The monoisotopic (exact) mass is 357 g/mol. The molecule has 26 heavy (non-hydrogen) atoms. The van der Waals surface area contributed by atoms with E-state index in [2.05, 4.69) is 10.2 Å². The van der Waals surface area contributed by atoms with Crippen LogP contribution in [0.25, 0.3) is 0 Å². The summed E-state index contributed by atoms with van der Waals surface area (Å²) < 4.78 is 11.4. The number of aliphatic hydroxyl groups excluding tert-OH is 1. The summed E-state index contributed by atoms with van der Waals surface area (Å²) in [5.74, 6) is 1.49. The summed E-state index contributed by atoms with van der Waals surface area (Å²) in [5.41, 5.74) is 5.69. The predicted octanol–water partition coefficient (Wildman–Crippen LogP) is 1.68. The lowest BCUT2D eigenvalue weighted by atomic mass is 10.1. The van der Waals surface area contributed by atoms with Crippen LogP contribution in [-0.4, -0.2) is 54.5 Å². The number of urea groups is 1. The van der Waals surface area contributed by atoms with Crippen LogP contribution in [0.4, 0.5) is 10.5 Å². The SMILES string of the molecule is NC(=O)Nc1ccc(OC2CN(C[C@@H](O)COc3ccccc3)C2)cc1. The van der Waals surface area contributed by atoms with Gasteiger partial charge in [0.25, 0.3) is 0 Å². The Morgan fingerprint density at radius 2 is 1.85 bits per heavy atom. The fraction of sp³-hybridized carbons (Fsp3) is 0.316. The van der Waals surface area contributed by atoms with E-state index in [4.69, 9.17) is 15.2 Å². The Morgan fingerprint density at radius 1 is 1.15 bits per heavy atom. The Bertz CT molecular complexity index is 702. The van der Waals surface area contributed by atoms with Crippen molar-refractivity contribution in [3.05, 3.63) is 54.6 Å². The first-order chi connectivity index (χ1) is 12.6. The molecule has 7 nitrogen and oxygen atoms in total. The molecular formula is C19H23N3O4. The lowest BCUT2D eigenvalue weighted by molar-refractivity contribution is -0.0174. The van der Waals surface area contributed by atoms with E-state index in [1.807, 2.05) is 30.3 Å². The Hall–Kier alpha value is -2.77. The van der Waals surface area contributed by atoms with Gasteiger partial charge < -0.3 is 25.6 Å². The van der Waals surface area contributed by atoms with Crippen molar-refractivity contribution in [3.63, 3.8) is 0 Å². The van der Waals surface area contributed by atoms with Crippen LogP contribution in [0.15, 0.2) is 54.6 Å². The molecule has 4 N–H and O–H groups in total. The number of anilines is 1. The minimum Gasteiger partial charge on any atom is -0.491 e. The van der Waals surface area contributed by atoms with Gasteiger partial charge in [0.2, 0.25) is 0 Å². The molecule has 0 saturated carbocycles. The number of carbonyl (C=O) groups excluding carboxylic acids is 1. The third-order valence-electron chi connectivity index (χ3n) is 4.00. The minimum absolute atomic E-state index is 0.0900. The molecule has 0 aromatic heterocycles. The highest BCUT2D eigenvalue weighted by atomic mass is 16.5. The van der Waals surface area contributed by atoms with Crippen LogP contribution >= 0.6 is 0 Å². The molecule has 1 atom stereocenters. The number of aliphatic hydroxyl groups is 1. The maximum Gasteiger partial charge on any atom is 0.316 e. The Kier molecular flexibility index (Phi) is 5.93. The molecule has 1 aliphatic heterocycles. The van der Waals surface area contributed by atoms with Gasteiger partial charge in [0.15, 0.2) is 0 Å². The molecule has 0 unspecified atom stereocenters. The number of benzene rings is 2. The van der Waals surface area contributed by atoms with Gasteiger partial charge in [-0.05, 0) is 36.4 Å². The molecule has 2 aromatic rings. The van der Waals surface area contributed by atoms with Crippen LogP contribution in [0, 0.1) is 0 Å². The molecule has 1 heterocycles. The zero-order chi connectivity index (χ0) is 18.4. The summed E-state index contributed by atoms with van der Waals surface area (Å²) in [6.45, 7) is 2.32. The summed E-state index contributed by atoms with van der Waals surface area (Å²) in [7, 11) is 0. The number of hydrogen-bond acceptors (Lipinski definition) is 5.